The maximum atomic E-state index is 11.7. The van der Waals surface area contributed by atoms with Crippen molar-refractivity contribution in [1.29, 1.82) is 5.26 Å². The summed E-state index contributed by atoms with van der Waals surface area (Å²) in [5, 5.41) is 10.0. The summed E-state index contributed by atoms with van der Waals surface area (Å²) >= 11 is 0. The Kier molecular flexibility index (Phi) is 3.62. The zero-order valence-corrected chi connectivity index (χ0v) is 10.7. The van der Waals surface area contributed by atoms with E-state index in [9.17, 15) is 4.79 Å². The number of carbonyl (C=O) groups is 1. The van der Waals surface area contributed by atoms with Crippen LogP contribution in [0.3, 0.4) is 0 Å². The minimum absolute atomic E-state index is 0.0200. The molecule has 0 aliphatic carbocycles. The average Bonchev–Trinajstić information content (AvgIpc) is 2.83. The molecule has 0 saturated heterocycles. The van der Waals surface area contributed by atoms with Gasteiger partial charge in [-0.3, -0.25) is 0 Å². The van der Waals surface area contributed by atoms with E-state index in [0.29, 0.717) is 5.57 Å². The molecule has 0 unspecified atom stereocenters. The van der Waals surface area contributed by atoms with Gasteiger partial charge in [0, 0.05) is 23.3 Å². The van der Waals surface area contributed by atoms with Gasteiger partial charge in [-0.15, -0.1) is 0 Å². The van der Waals surface area contributed by atoms with Crippen LogP contribution in [0, 0.1) is 11.3 Å². The second-order valence-corrected chi connectivity index (χ2v) is 3.93. The molecule has 2 aromatic rings. The van der Waals surface area contributed by atoms with Crippen LogP contribution in [0.2, 0.25) is 0 Å². The smallest absolute Gasteiger partial charge is 0.349 e. The number of aromatic amines is 1. The van der Waals surface area contributed by atoms with Crippen LogP contribution in [0.4, 0.5) is 0 Å². The summed E-state index contributed by atoms with van der Waals surface area (Å²) < 4.78 is 4.88. The molecule has 2 aromatic heterocycles. The average molecular weight is 255 g/mol. The molecule has 1 N–H and O–H groups in total. The molecule has 0 saturated carbocycles. The van der Waals surface area contributed by atoms with Crippen molar-refractivity contribution in [3.8, 4) is 6.07 Å². The van der Waals surface area contributed by atoms with E-state index >= 15 is 0 Å². The van der Waals surface area contributed by atoms with E-state index in [4.69, 9.17) is 10.00 Å². The number of ether oxygens (including phenoxy) is 1. The molecule has 0 fully saturated rings. The third kappa shape index (κ3) is 2.33. The molecule has 0 radical (unpaired) electrons. The van der Waals surface area contributed by atoms with Crippen molar-refractivity contribution < 1.29 is 9.53 Å². The lowest BCUT2D eigenvalue weighted by Gasteiger charge is -2.04. The zero-order chi connectivity index (χ0) is 13.8. The van der Waals surface area contributed by atoms with Gasteiger partial charge in [0.25, 0.3) is 0 Å². The summed E-state index contributed by atoms with van der Waals surface area (Å²) in [4.78, 5) is 18.9. The molecule has 96 valence electrons. The van der Waals surface area contributed by atoms with Crippen molar-refractivity contribution in [1.82, 2.24) is 9.97 Å². The fraction of sp³-hybridized carbons (Fsp3) is 0.214. The molecule has 0 aliphatic rings. The fourth-order valence-electron chi connectivity index (χ4n) is 1.89. The number of nitrogens with zero attached hydrogens (tertiary/aromatic N) is 2. The third-order valence-corrected chi connectivity index (χ3v) is 2.82. The number of aromatic nitrogens is 2. The summed E-state index contributed by atoms with van der Waals surface area (Å²) in [6.45, 7) is 3.68. The van der Waals surface area contributed by atoms with Crippen LogP contribution in [-0.4, -0.2) is 22.5 Å². The lowest BCUT2D eigenvalue weighted by Crippen LogP contribution is -2.07. The van der Waals surface area contributed by atoms with E-state index < -0.39 is 5.97 Å². The number of carbonyl (C=O) groups excluding carboxylic acids is 1. The Labute approximate surface area is 110 Å². The van der Waals surface area contributed by atoms with Gasteiger partial charge >= 0.3 is 5.97 Å². The van der Waals surface area contributed by atoms with Crippen molar-refractivity contribution >= 4 is 22.6 Å². The summed E-state index contributed by atoms with van der Waals surface area (Å²) in [5.41, 5.74) is 2.11. The number of esters is 1. The number of fused-ring (bicyclic) bond motifs is 1. The summed E-state index contributed by atoms with van der Waals surface area (Å²) in [6.07, 6.45) is 3.42. The van der Waals surface area contributed by atoms with Gasteiger partial charge in [0.05, 0.1) is 6.61 Å². The van der Waals surface area contributed by atoms with Gasteiger partial charge < -0.3 is 9.72 Å². The van der Waals surface area contributed by atoms with Crippen molar-refractivity contribution in [3.05, 3.63) is 35.7 Å². The largest absolute Gasteiger partial charge is 0.462 e. The maximum absolute atomic E-state index is 11.7. The molecule has 0 aromatic carbocycles. The van der Waals surface area contributed by atoms with Crippen LogP contribution in [0.15, 0.2) is 30.1 Å². The van der Waals surface area contributed by atoms with E-state index in [1.54, 1.807) is 26.2 Å². The number of hydrogen-bond donors (Lipinski definition) is 1. The molecule has 19 heavy (non-hydrogen) atoms. The summed E-state index contributed by atoms with van der Waals surface area (Å²) in [7, 11) is 0. The van der Waals surface area contributed by atoms with Crippen LogP contribution < -0.4 is 0 Å². The van der Waals surface area contributed by atoms with Crippen molar-refractivity contribution in [2.45, 2.75) is 13.8 Å². The number of H-pyrrole nitrogens is 1. The normalized spacial score (nSPS) is 11.8. The van der Waals surface area contributed by atoms with Crippen LogP contribution in [0.25, 0.3) is 16.6 Å². The molecule has 2 heterocycles. The topological polar surface area (TPSA) is 78.8 Å². The molecule has 5 nitrogen and oxygen atoms in total. The molecule has 0 aliphatic heterocycles. The van der Waals surface area contributed by atoms with Gasteiger partial charge in [-0.05, 0) is 31.6 Å². The monoisotopic (exact) mass is 255 g/mol. The molecule has 2 rings (SSSR count). The quantitative estimate of drug-likeness (QED) is 0.519. The Morgan fingerprint density at radius 2 is 2.37 bits per heavy atom. The highest BCUT2D eigenvalue weighted by Gasteiger charge is 2.17. The standard InChI is InChI=1S/C14H13N3O2/c1-3-19-14(18)11(7-15)9(2)12-8-17-13-10(12)5-4-6-16-13/h4-6,8H,3H2,1-2H3,(H,16,17)/b11-9+. The number of nitriles is 1. The summed E-state index contributed by atoms with van der Waals surface area (Å²) in [6, 6.07) is 5.61. The minimum atomic E-state index is -0.597. The van der Waals surface area contributed by atoms with Crippen molar-refractivity contribution in [3.63, 3.8) is 0 Å². The highest BCUT2D eigenvalue weighted by atomic mass is 16.5. The number of pyridine rings is 1. The Balaban J connectivity index is 2.56. The molecule has 0 spiro atoms. The van der Waals surface area contributed by atoms with Gasteiger partial charge in [-0.25, -0.2) is 9.78 Å². The first-order valence-electron chi connectivity index (χ1n) is 5.89. The molecule has 0 amide bonds. The molecule has 0 bridgehead atoms. The van der Waals surface area contributed by atoms with Crippen molar-refractivity contribution in [2.24, 2.45) is 0 Å². The second-order valence-electron chi connectivity index (χ2n) is 3.93. The van der Waals surface area contributed by atoms with Crippen LogP contribution in [0.1, 0.15) is 19.4 Å². The van der Waals surface area contributed by atoms with E-state index in [0.717, 1.165) is 16.6 Å². The fourth-order valence-corrected chi connectivity index (χ4v) is 1.89. The Morgan fingerprint density at radius 1 is 1.58 bits per heavy atom. The third-order valence-electron chi connectivity index (χ3n) is 2.82. The second kappa shape index (κ2) is 5.36. The Hall–Kier alpha value is -2.61. The lowest BCUT2D eigenvalue weighted by atomic mass is 10.0. The van der Waals surface area contributed by atoms with Gasteiger partial charge in [0.1, 0.15) is 17.3 Å². The predicted molar refractivity (Wildman–Crippen MR) is 70.9 cm³/mol. The highest BCUT2D eigenvalue weighted by Crippen LogP contribution is 2.26. The first kappa shape index (κ1) is 12.8. The first-order chi connectivity index (χ1) is 9.19. The van der Waals surface area contributed by atoms with Crippen LogP contribution in [0.5, 0.6) is 0 Å². The van der Waals surface area contributed by atoms with E-state index in [2.05, 4.69) is 9.97 Å². The summed E-state index contributed by atoms with van der Waals surface area (Å²) in [5.74, 6) is -0.597. The van der Waals surface area contributed by atoms with Gasteiger partial charge in [-0.1, -0.05) is 0 Å². The lowest BCUT2D eigenvalue weighted by molar-refractivity contribution is -0.137. The maximum Gasteiger partial charge on any atom is 0.349 e. The highest BCUT2D eigenvalue weighted by molar-refractivity contribution is 6.04. The van der Waals surface area contributed by atoms with Gasteiger partial charge in [-0.2, -0.15) is 5.26 Å². The number of rotatable bonds is 3. The van der Waals surface area contributed by atoms with E-state index in [-0.39, 0.29) is 12.2 Å². The molecular weight excluding hydrogens is 242 g/mol. The van der Waals surface area contributed by atoms with Gasteiger partial charge in [0.15, 0.2) is 0 Å². The van der Waals surface area contributed by atoms with Crippen LogP contribution in [-0.2, 0) is 9.53 Å². The Morgan fingerprint density at radius 3 is 3.05 bits per heavy atom. The van der Waals surface area contributed by atoms with E-state index in [1.807, 2.05) is 18.2 Å². The van der Waals surface area contributed by atoms with E-state index in [1.165, 1.54) is 0 Å². The first-order valence-corrected chi connectivity index (χ1v) is 5.89. The SMILES string of the molecule is CCOC(=O)/C(C#N)=C(\C)c1c[nH]c2ncccc12. The number of allylic oxidation sites excluding steroid dienone is 1. The van der Waals surface area contributed by atoms with Crippen molar-refractivity contribution in [2.75, 3.05) is 6.61 Å². The molecular formula is C14H13N3O2. The zero-order valence-electron chi connectivity index (χ0n) is 10.7. The number of hydrogen-bond acceptors (Lipinski definition) is 4. The molecule has 5 heteroatoms. The Bertz CT molecular complexity index is 692. The predicted octanol–water partition coefficient (Wildman–Crippen LogP) is 2.42. The molecule has 0 atom stereocenters. The number of nitrogens with one attached hydrogen (secondary N) is 1. The van der Waals surface area contributed by atoms with Gasteiger partial charge in [0.2, 0.25) is 0 Å². The van der Waals surface area contributed by atoms with Crippen LogP contribution >= 0.6 is 0 Å². The minimum Gasteiger partial charge on any atom is -0.462 e.